The van der Waals surface area contributed by atoms with Crippen LogP contribution in [-0.4, -0.2) is 33.1 Å². The fourth-order valence-corrected chi connectivity index (χ4v) is 8.15. The summed E-state index contributed by atoms with van der Waals surface area (Å²) in [5.41, 5.74) is 1.14. The molecule has 1 amide bonds. The highest BCUT2D eigenvalue weighted by Crippen LogP contribution is 2.67. The predicted octanol–water partition coefficient (Wildman–Crippen LogP) is 5.46. The fraction of sp³-hybridized carbons (Fsp3) is 0.500. The van der Waals surface area contributed by atoms with Gasteiger partial charge in [-0.25, -0.2) is 8.78 Å². The highest BCUT2D eigenvalue weighted by atomic mass is 19.1. The number of nitrogens with one attached hydrogen (secondary N) is 1. The summed E-state index contributed by atoms with van der Waals surface area (Å²) < 4.78 is 35.6. The molecule has 9 heteroatoms. The van der Waals surface area contributed by atoms with Gasteiger partial charge in [-0.05, 0) is 92.9 Å². The number of carbonyl (C=O) groups is 2. The van der Waals surface area contributed by atoms with Gasteiger partial charge in [-0.3, -0.25) is 9.59 Å². The first-order valence-electron chi connectivity index (χ1n) is 13.6. The normalized spacial score (nSPS) is 29.1. The Bertz CT molecular complexity index is 1460. The van der Waals surface area contributed by atoms with Crippen LogP contribution in [0.3, 0.4) is 0 Å². The minimum Gasteiger partial charge on any atom is -0.481 e. The minimum atomic E-state index is -0.698. The molecule has 4 aliphatic rings. The molecular formula is C30H33F2N3O4. The number of aromatic nitrogens is 2. The molecule has 4 saturated carbocycles. The fourth-order valence-electron chi connectivity index (χ4n) is 8.15. The van der Waals surface area contributed by atoms with Gasteiger partial charge in [0.1, 0.15) is 18.2 Å². The average molecular weight is 538 g/mol. The second kappa shape index (κ2) is 9.03. The van der Waals surface area contributed by atoms with Crippen molar-refractivity contribution < 1.29 is 28.2 Å². The molecule has 0 aliphatic heterocycles. The number of hydrogen-bond donors (Lipinski definition) is 2. The summed E-state index contributed by atoms with van der Waals surface area (Å²) in [7, 11) is 0. The quantitative estimate of drug-likeness (QED) is 0.418. The van der Waals surface area contributed by atoms with E-state index in [0.29, 0.717) is 35.2 Å². The van der Waals surface area contributed by atoms with Crippen LogP contribution in [0.4, 0.5) is 8.78 Å². The number of pyridine rings is 1. The minimum absolute atomic E-state index is 0.0263. The standard InChI is InChI=1S/C30H33F2N3O4/c1-16-7-24-26(17(2)34-35(24)25(8-16)39-14-21-22(31)5-4-6-23(21)32)27(36)33-15-29-10-19-9-20(11-29)13-30(12-19,18(29)3)28(37)38/h4-8,18-20H,9-15H2,1-3H3,(H,33,36)(H,37,38). The predicted molar refractivity (Wildman–Crippen MR) is 139 cm³/mol. The molecule has 0 radical (unpaired) electrons. The van der Waals surface area contributed by atoms with Crippen molar-refractivity contribution in [2.45, 2.75) is 59.5 Å². The number of nitrogens with zero attached hydrogens (tertiary/aromatic N) is 2. The third-order valence-electron chi connectivity index (χ3n) is 9.81. The smallest absolute Gasteiger partial charge is 0.309 e. The van der Waals surface area contributed by atoms with Crippen LogP contribution in [0.1, 0.15) is 66.2 Å². The van der Waals surface area contributed by atoms with Gasteiger partial charge < -0.3 is 15.2 Å². The molecule has 3 aromatic rings. The number of fused-ring (bicyclic) bond motifs is 1. The number of carboxylic acids is 1. The van der Waals surface area contributed by atoms with Crippen LogP contribution in [0.15, 0.2) is 30.3 Å². The van der Waals surface area contributed by atoms with Crippen molar-refractivity contribution in [2.75, 3.05) is 6.54 Å². The molecule has 3 unspecified atom stereocenters. The van der Waals surface area contributed by atoms with E-state index in [1.54, 1.807) is 13.0 Å². The van der Waals surface area contributed by atoms with Gasteiger partial charge in [0, 0.05) is 12.6 Å². The Morgan fingerprint density at radius 3 is 2.44 bits per heavy atom. The molecule has 1 aromatic carbocycles. The molecule has 206 valence electrons. The topological polar surface area (TPSA) is 92.9 Å². The number of rotatable bonds is 7. The van der Waals surface area contributed by atoms with E-state index in [0.717, 1.165) is 37.7 Å². The summed E-state index contributed by atoms with van der Waals surface area (Å²) in [6.45, 7) is 5.75. The van der Waals surface area contributed by atoms with Gasteiger partial charge in [0.2, 0.25) is 5.88 Å². The molecule has 4 fully saturated rings. The molecule has 2 aromatic heterocycles. The van der Waals surface area contributed by atoms with E-state index in [-0.39, 0.29) is 35.3 Å². The Labute approximate surface area is 225 Å². The lowest BCUT2D eigenvalue weighted by Gasteiger charge is -2.64. The summed E-state index contributed by atoms with van der Waals surface area (Å²) in [5.74, 6) is -1.33. The number of carboxylic acid groups (broad SMARTS) is 1. The van der Waals surface area contributed by atoms with Crippen LogP contribution in [0.5, 0.6) is 5.88 Å². The molecule has 3 atom stereocenters. The monoisotopic (exact) mass is 537 g/mol. The molecule has 0 saturated heterocycles. The first kappa shape index (κ1) is 25.8. The zero-order valence-electron chi connectivity index (χ0n) is 22.4. The van der Waals surface area contributed by atoms with Crippen LogP contribution in [0.25, 0.3) is 5.52 Å². The van der Waals surface area contributed by atoms with Crippen LogP contribution in [0, 0.1) is 54.1 Å². The zero-order chi connectivity index (χ0) is 27.7. The molecule has 39 heavy (non-hydrogen) atoms. The maximum atomic E-state index is 14.1. The molecule has 2 N–H and O–H groups in total. The van der Waals surface area contributed by atoms with Gasteiger partial charge in [0.25, 0.3) is 5.91 Å². The maximum Gasteiger partial charge on any atom is 0.309 e. The van der Waals surface area contributed by atoms with Gasteiger partial charge in [-0.15, -0.1) is 0 Å². The zero-order valence-corrected chi connectivity index (χ0v) is 22.4. The molecule has 0 spiro atoms. The van der Waals surface area contributed by atoms with Crippen LogP contribution in [-0.2, 0) is 11.4 Å². The van der Waals surface area contributed by atoms with Crippen LogP contribution in [0.2, 0.25) is 0 Å². The lowest BCUT2D eigenvalue weighted by molar-refractivity contribution is -0.192. The van der Waals surface area contributed by atoms with Crippen molar-refractivity contribution in [1.82, 2.24) is 14.9 Å². The van der Waals surface area contributed by atoms with Crippen molar-refractivity contribution in [3.05, 3.63) is 64.4 Å². The van der Waals surface area contributed by atoms with Gasteiger partial charge in [0.05, 0.1) is 27.8 Å². The number of halogens is 2. The van der Waals surface area contributed by atoms with E-state index < -0.39 is 23.0 Å². The van der Waals surface area contributed by atoms with Crippen molar-refractivity contribution in [1.29, 1.82) is 0 Å². The third-order valence-corrected chi connectivity index (χ3v) is 9.81. The second-order valence-corrected chi connectivity index (χ2v) is 12.1. The number of amides is 1. The summed E-state index contributed by atoms with van der Waals surface area (Å²) in [5, 5.41) is 17.9. The maximum absolute atomic E-state index is 14.1. The van der Waals surface area contributed by atoms with Gasteiger partial charge in [0.15, 0.2) is 0 Å². The summed E-state index contributed by atoms with van der Waals surface area (Å²) in [6.07, 6.45) is 4.45. The van der Waals surface area contributed by atoms with E-state index in [1.807, 2.05) is 13.0 Å². The molecular weight excluding hydrogens is 504 g/mol. The van der Waals surface area contributed by atoms with E-state index in [4.69, 9.17) is 4.74 Å². The van der Waals surface area contributed by atoms with E-state index in [2.05, 4.69) is 17.3 Å². The highest BCUT2D eigenvalue weighted by Gasteiger charge is 2.65. The Balaban J connectivity index is 1.26. The SMILES string of the molecule is Cc1cc(OCc2c(F)cccc2F)n2nc(C)c(C(=O)NCC34CC5CC(C3)CC(C(=O)O)(C5)C4C)c2c1. The average Bonchev–Trinajstić information content (AvgIpc) is 3.20. The highest BCUT2D eigenvalue weighted by molar-refractivity contribution is 6.02. The van der Waals surface area contributed by atoms with Gasteiger partial charge >= 0.3 is 5.97 Å². The largest absolute Gasteiger partial charge is 0.481 e. The van der Waals surface area contributed by atoms with Crippen LogP contribution >= 0.6 is 0 Å². The summed E-state index contributed by atoms with van der Waals surface area (Å²) >= 11 is 0. The summed E-state index contributed by atoms with van der Waals surface area (Å²) in [4.78, 5) is 26.0. The van der Waals surface area contributed by atoms with Crippen molar-refractivity contribution in [3.8, 4) is 5.88 Å². The molecule has 7 rings (SSSR count). The lowest BCUT2D eigenvalue weighted by Crippen LogP contribution is -2.63. The van der Waals surface area contributed by atoms with E-state index >= 15 is 0 Å². The van der Waals surface area contributed by atoms with E-state index in [9.17, 15) is 23.5 Å². The Hall–Kier alpha value is -3.49. The van der Waals surface area contributed by atoms with Gasteiger partial charge in [-0.2, -0.15) is 9.61 Å². The third kappa shape index (κ3) is 4.00. The molecule has 4 aliphatic carbocycles. The number of ether oxygens (including phenoxy) is 1. The first-order chi connectivity index (χ1) is 18.5. The number of benzene rings is 1. The number of aliphatic carboxylic acids is 1. The van der Waals surface area contributed by atoms with Crippen LogP contribution < -0.4 is 10.1 Å². The first-order valence-corrected chi connectivity index (χ1v) is 13.6. The van der Waals surface area contributed by atoms with E-state index in [1.165, 1.54) is 22.7 Å². The number of aryl methyl sites for hydroxylation is 2. The van der Waals surface area contributed by atoms with Gasteiger partial charge in [-0.1, -0.05) is 13.0 Å². The molecule has 2 heterocycles. The van der Waals surface area contributed by atoms with Crippen molar-refractivity contribution in [3.63, 3.8) is 0 Å². The van der Waals surface area contributed by atoms with Crippen molar-refractivity contribution >= 4 is 17.4 Å². The van der Waals surface area contributed by atoms with Crippen molar-refractivity contribution in [2.24, 2.45) is 28.6 Å². The second-order valence-electron chi connectivity index (χ2n) is 12.1. The molecule has 4 bridgehead atoms. The Morgan fingerprint density at radius 1 is 1.13 bits per heavy atom. The number of hydrogen-bond acceptors (Lipinski definition) is 4. The Morgan fingerprint density at radius 2 is 1.79 bits per heavy atom. The summed E-state index contributed by atoms with van der Waals surface area (Å²) in [6, 6.07) is 7.20. The molecule has 7 nitrogen and oxygen atoms in total. The Kier molecular flexibility index (Phi) is 5.97. The number of carbonyl (C=O) groups excluding carboxylic acids is 1. The lowest BCUT2D eigenvalue weighted by atomic mass is 9.40.